The molecule has 0 radical (unpaired) electrons. The largest absolute Gasteiger partial charge is 0.492 e. The smallest absolute Gasteiger partial charge is 0.270 e. The van der Waals surface area contributed by atoms with Gasteiger partial charge in [-0.2, -0.15) is 0 Å². The van der Waals surface area contributed by atoms with Crippen molar-refractivity contribution in [1.29, 1.82) is 0 Å². The van der Waals surface area contributed by atoms with Crippen LogP contribution in [0.1, 0.15) is 53.3 Å². The van der Waals surface area contributed by atoms with Gasteiger partial charge in [0.15, 0.2) is 11.5 Å². The van der Waals surface area contributed by atoms with Crippen molar-refractivity contribution in [3.05, 3.63) is 58.4 Å². The maximum Gasteiger partial charge on any atom is 0.270 e. The Kier molecular flexibility index (Phi) is 6.86. The standard InChI is InChI=1S/C20H23NO5/c1-4-5-6-9-13(20(24)21-26-3)12-16-17(22)14-10-7-8-11-15(14)18(23)19(16)25-2/h7-8,10-12H,4-6,9H2,1-3H3,(H,21,24)/b13-12+. The highest BCUT2D eigenvalue weighted by atomic mass is 16.6. The van der Waals surface area contributed by atoms with Crippen LogP contribution in [-0.4, -0.2) is 31.7 Å². The Morgan fingerprint density at radius 3 is 2.31 bits per heavy atom. The maximum absolute atomic E-state index is 12.9. The normalized spacial score (nSPS) is 14.3. The fourth-order valence-electron chi connectivity index (χ4n) is 2.85. The van der Waals surface area contributed by atoms with Gasteiger partial charge in [-0.15, -0.1) is 0 Å². The number of ketones is 2. The fraction of sp³-hybridized carbons (Fsp3) is 0.350. The van der Waals surface area contributed by atoms with E-state index in [0.29, 0.717) is 23.1 Å². The third-order valence-corrected chi connectivity index (χ3v) is 4.17. The number of hydrogen-bond donors (Lipinski definition) is 1. The first-order valence-corrected chi connectivity index (χ1v) is 8.55. The van der Waals surface area contributed by atoms with Crippen molar-refractivity contribution in [3.63, 3.8) is 0 Å². The lowest BCUT2D eigenvalue weighted by Gasteiger charge is -2.19. The van der Waals surface area contributed by atoms with E-state index in [2.05, 4.69) is 12.4 Å². The average molecular weight is 357 g/mol. The average Bonchev–Trinajstić information content (AvgIpc) is 2.65. The number of unbranched alkanes of at least 4 members (excludes halogenated alkanes) is 2. The van der Waals surface area contributed by atoms with Crippen molar-refractivity contribution in [2.24, 2.45) is 0 Å². The van der Waals surface area contributed by atoms with Crippen molar-refractivity contribution >= 4 is 17.5 Å². The van der Waals surface area contributed by atoms with Crippen LogP contribution in [0.5, 0.6) is 0 Å². The van der Waals surface area contributed by atoms with Crippen LogP contribution in [0.3, 0.4) is 0 Å². The van der Waals surface area contributed by atoms with E-state index < -0.39 is 5.91 Å². The third kappa shape index (κ3) is 4.08. The number of carbonyl (C=O) groups excluding carboxylic acids is 3. The molecule has 0 unspecified atom stereocenters. The van der Waals surface area contributed by atoms with Gasteiger partial charge in [-0.25, -0.2) is 5.48 Å². The Balaban J connectivity index is 2.49. The molecule has 1 aliphatic carbocycles. The first kappa shape index (κ1) is 19.6. The molecule has 1 aromatic rings. The minimum Gasteiger partial charge on any atom is -0.492 e. The summed E-state index contributed by atoms with van der Waals surface area (Å²) in [6.45, 7) is 2.06. The molecule has 138 valence electrons. The van der Waals surface area contributed by atoms with E-state index in [9.17, 15) is 14.4 Å². The third-order valence-electron chi connectivity index (χ3n) is 4.17. The second kappa shape index (κ2) is 9.10. The van der Waals surface area contributed by atoms with E-state index in [1.807, 2.05) is 0 Å². The summed E-state index contributed by atoms with van der Waals surface area (Å²) >= 11 is 0. The van der Waals surface area contributed by atoms with E-state index in [-0.39, 0.29) is 22.9 Å². The van der Waals surface area contributed by atoms with Crippen LogP contribution >= 0.6 is 0 Å². The highest BCUT2D eigenvalue weighted by Crippen LogP contribution is 2.28. The van der Waals surface area contributed by atoms with Gasteiger partial charge < -0.3 is 4.74 Å². The number of allylic oxidation sites excluding steroid dienone is 3. The zero-order valence-corrected chi connectivity index (χ0v) is 15.3. The number of methoxy groups -OCH3 is 1. The molecule has 1 N–H and O–H groups in total. The molecule has 2 rings (SSSR count). The number of rotatable bonds is 8. The molecule has 0 saturated heterocycles. The lowest BCUT2D eigenvalue weighted by atomic mass is 9.86. The minimum atomic E-state index is -0.439. The van der Waals surface area contributed by atoms with Crippen LogP contribution in [0.15, 0.2) is 47.2 Å². The Bertz CT molecular complexity index is 776. The Morgan fingerprint density at radius 2 is 1.73 bits per heavy atom. The summed E-state index contributed by atoms with van der Waals surface area (Å²) < 4.78 is 5.21. The first-order valence-electron chi connectivity index (χ1n) is 8.55. The molecule has 0 fully saturated rings. The molecule has 6 nitrogen and oxygen atoms in total. The summed E-state index contributed by atoms with van der Waals surface area (Å²) in [6, 6.07) is 6.58. The number of amides is 1. The van der Waals surface area contributed by atoms with E-state index in [4.69, 9.17) is 9.57 Å². The molecule has 0 bridgehead atoms. The number of nitrogens with one attached hydrogen (secondary N) is 1. The highest BCUT2D eigenvalue weighted by Gasteiger charge is 2.32. The summed E-state index contributed by atoms with van der Waals surface area (Å²) in [7, 11) is 2.68. The number of fused-ring (bicyclic) bond motifs is 1. The fourth-order valence-corrected chi connectivity index (χ4v) is 2.85. The van der Waals surface area contributed by atoms with Gasteiger partial charge in [0.2, 0.25) is 5.78 Å². The van der Waals surface area contributed by atoms with Crippen LogP contribution in [-0.2, 0) is 14.4 Å². The molecular formula is C20H23NO5. The Morgan fingerprint density at radius 1 is 1.08 bits per heavy atom. The summed E-state index contributed by atoms with van der Waals surface area (Å²) in [5.41, 5.74) is 3.35. The van der Waals surface area contributed by atoms with Gasteiger partial charge in [0.25, 0.3) is 5.91 Å². The highest BCUT2D eigenvalue weighted by molar-refractivity contribution is 6.27. The predicted molar refractivity (Wildman–Crippen MR) is 96.5 cm³/mol. The molecule has 1 aromatic carbocycles. The maximum atomic E-state index is 12.9. The molecule has 0 aromatic heterocycles. The first-order chi connectivity index (χ1) is 12.5. The topological polar surface area (TPSA) is 81.7 Å². The summed E-state index contributed by atoms with van der Waals surface area (Å²) in [6.07, 6.45) is 4.64. The lowest BCUT2D eigenvalue weighted by Crippen LogP contribution is -2.26. The molecular weight excluding hydrogens is 334 g/mol. The summed E-state index contributed by atoms with van der Waals surface area (Å²) in [5, 5.41) is 0. The van der Waals surface area contributed by atoms with E-state index in [1.165, 1.54) is 20.3 Å². The van der Waals surface area contributed by atoms with Gasteiger partial charge in [-0.1, -0.05) is 44.0 Å². The molecule has 0 spiro atoms. The second-order valence-electron chi connectivity index (χ2n) is 5.91. The summed E-state index contributed by atoms with van der Waals surface area (Å²) in [5.74, 6) is -1.19. The lowest BCUT2D eigenvalue weighted by molar-refractivity contribution is -0.127. The van der Waals surface area contributed by atoms with Gasteiger partial charge in [-0.3, -0.25) is 19.2 Å². The zero-order chi connectivity index (χ0) is 19.1. The molecule has 0 atom stereocenters. The molecule has 0 heterocycles. The monoisotopic (exact) mass is 357 g/mol. The van der Waals surface area contributed by atoms with E-state index >= 15 is 0 Å². The molecule has 1 amide bonds. The van der Waals surface area contributed by atoms with Gasteiger partial charge in [0, 0.05) is 16.7 Å². The number of ether oxygens (including phenoxy) is 1. The van der Waals surface area contributed by atoms with Crippen LogP contribution in [0.25, 0.3) is 0 Å². The van der Waals surface area contributed by atoms with Crippen molar-refractivity contribution < 1.29 is 24.0 Å². The van der Waals surface area contributed by atoms with Crippen LogP contribution < -0.4 is 5.48 Å². The molecule has 6 heteroatoms. The number of hydrogen-bond acceptors (Lipinski definition) is 5. The van der Waals surface area contributed by atoms with Crippen molar-refractivity contribution in [2.45, 2.75) is 32.6 Å². The number of carbonyl (C=O) groups is 3. The van der Waals surface area contributed by atoms with E-state index in [0.717, 1.165) is 19.3 Å². The zero-order valence-electron chi connectivity index (χ0n) is 15.3. The van der Waals surface area contributed by atoms with Crippen LogP contribution in [0.4, 0.5) is 0 Å². The SMILES string of the molecule is CCCCC/C(=C\C1=C(OC)C(=O)c2ccccc2C1=O)C(=O)NOC. The van der Waals surface area contributed by atoms with Gasteiger partial charge >= 0.3 is 0 Å². The number of Topliss-reactive ketones (excluding diaryl/α,β-unsaturated/α-hetero) is 2. The van der Waals surface area contributed by atoms with Gasteiger partial charge in [-0.05, 0) is 18.9 Å². The van der Waals surface area contributed by atoms with E-state index in [1.54, 1.807) is 24.3 Å². The minimum absolute atomic E-state index is 0.0492. The molecule has 0 aliphatic heterocycles. The Hall–Kier alpha value is -2.73. The molecule has 0 saturated carbocycles. The summed E-state index contributed by atoms with van der Waals surface area (Å²) in [4.78, 5) is 42.5. The Labute approximate surface area is 152 Å². The van der Waals surface area contributed by atoms with Gasteiger partial charge in [0.1, 0.15) is 0 Å². The molecule has 26 heavy (non-hydrogen) atoms. The van der Waals surface area contributed by atoms with Crippen molar-refractivity contribution in [1.82, 2.24) is 5.48 Å². The predicted octanol–water partition coefficient (Wildman–Crippen LogP) is 3.15. The van der Waals surface area contributed by atoms with Gasteiger partial charge in [0.05, 0.1) is 19.8 Å². The second-order valence-corrected chi connectivity index (χ2v) is 5.91. The number of benzene rings is 1. The van der Waals surface area contributed by atoms with Crippen molar-refractivity contribution in [2.75, 3.05) is 14.2 Å². The molecule has 1 aliphatic rings. The quantitative estimate of drug-likeness (QED) is 0.439. The van der Waals surface area contributed by atoms with Crippen molar-refractivity contribution in [3.8, 4) is 0 Å². The van der Waals surface area contributed by atoms with Crippen LogP contribution in [0.2, 0.25) is 0 Å². The number of hydroxylamine groups is 1. The van der Waals surface area contributed by atoms with Crippen LogP contribution in [0, 0.1) is 0 Å².